The quantitative estimate of drug-likeness (QED) is 0.344. The fourth-order valence-electron chi connectivity index (χ4n) is 5.07. The number of hydrogen-bond acceptors (Lipinski definition) is 1. The molecule has 0 unspecified atom stereocenters. The molecule has 2 aliphatic carbocycles. The van der Waals surface area contributed by atoms with E-state index in [1.807, 2.05) is 6.08 Å². The molecule has 3 rings (SSSR count). The average molecular weight is 377 g/mol. The minimum atomic E-state index is -0.797. The lowest BCUT2D eigenvalue weighted by Gasteiger charge is -2.37. The summed E-state index contributed by atoms with van der Waals surface area (Å²) in [6, 6.07) is 4.03. The number of allylic oxidation sites excluding steroid dienone is 1. The molecular weight excluding hydrogens is 342 g/mol. The van der Waals surface area contributed by atoms with Gasteiger partial charge < -0.3 is 4.74 Å². The van der Waals surface area contributed by atoms with Crippen LogP contribution in [0, 0.1) is 29.4 Å². The number of rotatable bonds is 8. The van der Waals surface area contributed by atoms with Gasteiger partial charge >= 0.3 is 0 Å². The van der Waals surface area contributed by atoms with Crippen LogP contribution in [0.4, 0.5) is 8.78 Å². The van der Waals surface area contributed by atoms with E-state index < -0.39 is 11.6 Å². The summed E-state index contributed by atoms with van der Waals surface area (Å²) in [6.07, 6.45) is 16.5. The van der Waals surface area contributed by atoms with Crippen molar-refractivity contribution in [2.75, 3.05) is 0 Å². The predicted octanol–water partition coefficient (Wildman–Crippen LogP) is 7.20. The smallest absolute Gasteiger partial charge is 0.159 e. The Bertz CT molecular complexity index is 584. The van der Waals surface area contributed by atoms with Crippen LogP contribution in [-0.4, -0.2) is 6.10 Å². The molecule has 0 bridgehead atoms. The van der Waals surface area contributed by atoms with Gasteiger partial charge in [-0.05, 0) is 86.8 Å². The number of hydrogen-bond donors (Lipinski definition) is 0. The number of unbranched alkanes of at least 4 members (excludes halogenated alkanes) is 1. The fourth-order valence-corrected chi connectivity index (χ4v) is 5.07. The summed E-state index contributed by atoms with van der Waals surface area (Å²) in [6.45, 7) is 4.20. The van der Waals surface area contributed by atoms with Gasteiger partial charge in [0.2, 0.25) is 0 Å². The molecule has 0 spiro atoms. The molecule has 150 valence electrons. The van der Waals surface area contributed by atoms with Crippen LogP contribution in [0.5, 0.6) is 0 Å². The number of halogens is 2. The van der Waals surface area contributed by atoms with E-state index >= 15 is 0 Å². The van der Waals surface area contributed by atoms with Gasteiger partial charge in [0.25, 0.3) is 0 Å². The Hall–Kier alpha value is -1.22. The molecule has 0 atom stereocenters. The largest absolute Gasteiger partial charge is 0.374 e. The van der Waals surface area contributed by atoms with Crippen molar-refractivity contribution in [3.05, 3.63) is 48.1 Å². The predicted molar refractivity (Wildman–Crippen MR) is 106 cm³/mol. The SMILES string of the molecule is C=CCCCC1CCC(C2CCC(OCc3ccc(F)c(F)c3)CC2)CC1. The average Bonchev–Trinajstić information content (AvgIpc) is 2.70. The Morgan fingerprint density at radius 3 is 2.22 bits per heavy atom. The summed E-state index contributed by atoms with van der Waals surface area (Å²) in [5.41, 5.74) is 0.714. The molecule has 0 saturated heterocycles. The minimum Gasteiger partial charge on any atom is -0.374 e. The zero-order valence-electron chi connectivity index (χ0n) is 16.5. The van der Waals surface area contributed by atoms with Crippen molar-refractivity contribution >= 4 is 0 Å². The maximum absolute atomic E-state index is 13.3. The second-order valence-corrected chi connectivity index (χ2v) is 8.60. The van der Waals surface area contributed by atoms with Crippen molar-refractivity contribution < 1.29 is 13.5 Å². The highest BCUT2D eigenvalue weighted by atomic mass is 19.2. The van der Waals surface area contributed by atoms with Gasteiger partial charge in [0.1, 0.15) is 0 Å². The summed E-state index contributed by atoms with van der Waals surface area (Å²) in [7, 11) is 0. The summed E-state index contributed by atoms with van der Waals surface area (Å²) in [4.78, 5) is 0. The molecular formula is C24H34F2O. The lowest BCUT2D eigenvalue weighted by atomic mass is 9.70. The first kappa shape index (κ1) is 20.5. The molecule has 0 aromatic heterocycles. The second kappa shape index (κ2) is 10.4. The van der Waals surface area contributed by atoms with E-state index in [-0.39, 0.29) is 6.10 Å². The van der Waals surface area contributed by atoms with E-state index in [1.165, 1.54) is 63.5 Å². The van der Waals surface area contributed by atoms with Crippen molar-refractivity contribution in [1.82, 2.24) is 0 Å². The molecule has 0 aliphatic heterocycles. The van der Waals surface area contributed by atoms with Gasteiger partial charge in [-0.15, -0.1) is 6.58 Å². The summed E-state index contributed by atoms with van der Waals surface area (Å²) < 4.78 is 32.3. The van der Waals surface area contributed by atoms with Crippen LogP contribution in [-0.2, 0) is 11.3 Å². The van der Waals surface area contributed by atoms with Gasteiger partial charge in [0.15, 0.2) is 11.6 Å². The molecule has 0 N–H and O–H groups in total. The molecule has 1 aromatic carbocycles. The van der Waals surface area contributed by atoms with Gasteiger partial charge in [-0.25, -0.2) is 8.78 Å². The third-order valence-electron chi connectivity index (χ3n) is 6.77. The van der Waals surface area contributed by atoms with Crippen LogP contribution >= 0.6 is 0 Å². The maximum Gasteiger partial charge on any atom is 0.159 e. The van der Waals surface area contributed by atoms with E-state index in [0.717, 1.165) is 37.0 Å². The molecule has 2 fully saturated rings. The topological polar surface area (TPSA) is 9.23 Å². The molecule has 0 radical (unpaired) electrons. The van der Waals surface area contributed by atoms with E-state index in [0.29, 0.717) is 12.2 Å². The normalized spacial score (nSPS) is 28.8. The second-order valence-electron chi connectivity index (χ2n) is 8.60. The standard InChI is InChI=1S/C24H34F2O/c1-2-3-4-5-18-6-9-20(10-7-18)21-11-13-22(14-12-21)27-17-19-8-15-23(25)24(26)16-19/h2,8,15-16,18,20-22H,1,3-7,9-14,17H2. The van der Waals surface area contributed by atoms with Gasteiger partial charge in [0.05, 0.1) is 12.7 Å². The molecule has 2 aliphatic rings. The van der Waals surface area contributed by atoms with Crippen molar-refractivity contribution in [2.45, 2.75) is 83.3 Å². The molecule has 0 amide bonds. The first-order valence-corrected chi connectivity index (χ1v) is 10.8. The number of benzene rings is 1. The Balaban J connectivity index is 1.34. The van der Waals surface area contributed by atoms with E-state index in [1.54, 1.807) is 6.07 Å². The highest BCUT2D eigenvalue weighted by molar-refractivity contribution is 5.16. The Labute approximate surface area is 163 Å². The van der Waals surface area contributed by atoms with Crippen LogP contribution < -0.4 is 0 Å². The summed E-state index contributed by atoms with van der Waals surface area (Å²) in [5, 5.41) is 0. The highest BCUT2D eigenvalue weighted by Gasteiger charge is 2.31. The van der Waals surface area contributed by atoms with Crippen molar-refractivity contribution in [1.29, 1.82) is 0 Å². The molecule has 1 nitrogen and oxygen atoms in total. The lowest BCUT2D eigenvalue weighted by molar-refractivity contribution is -0.00296. The van der Waals surface area contributed by atoms with E-state index in [9.17, 15) is 8.78 Å². The molecule has 3 heteroatoms. The molecule has 0 heterocycles. The lowest BCUT2D eigenvalue weighted by Crippen LogP contribution is -2.28. The van der Waals surface area contributed by atoms with Gasteiger partial charge in [-0.2, -0.15) is 0 Å². The van der Waals surface area contributed by atoms with Crippen LogP contribution in [0.2, 0.25) is 0 Å². The van der Waals surface area contributed by atoms with Crippen molar-refractivity contribution in [2.24, 2.45) is 17.8 Å². The van der Waals surface area contributed by atoms with E-state index in [4.69, 9.17) is 4.74 Å². The van der Waals surface area contributed by atoms with Crippen LogP contribution in [0.25, 0.3) is 0 Å². The van der Waals surface area contributed by atoms with Crippen LogP contribution in [0.3, 0.4) is 0 Å². The zero-order chi connectivity index (χ0) is 19.1. The van der Waals surface area contributed by atoms with Crippen LogP contribution in [0.1, 0.15) is 76.2 Å². The summed E-state index contributed by atoms with van der Waals surface area (Å²) in [5.74, 6) is 1.13. The first-order chi connectivity index (χ1) is 13.2. The van der Waals surface area contributed by atoms with E-state index in [2.05, 4.69) is 6.58 Å². The van der Waals surface area contributed by atoms with Gasteiger partial charge in [-0.3, -0.25) is 0 Å². The monoisotopic (exact) mass is 376 g/mol. The molecule has 1 aromatic rings. The molecule has 2 saturated carbocycles. The van der Waals surface area contributed by atoms with Crippen LogP contribution in [0.15, 0.2) is 30.9 Å². The van der Waals surface area contributed by atoms with Crippen molar-refractivity contribution in [3.8, 4) is 0 Å². The third kappa shape index (κ3) is 6.14. The Morgan fingerprint density at radius 2 is 1.59 bits per heavy atom. The minimum absolute atomic E-state index is 0.268. The van der Waals surface area contributed by atoms with Gasteiger partial charge in [0, 0.05) is 0 Å². The van der Waals surface area contributed by atoms with Crippen molar-refractivity contribution in [3.63, 3.8) is 0 Å². The third-order valence-corrected chi connectivity index (χ3v) is 6.77. The highest BCUT2D eigenvalue weighted by Crippen LogP contribution is 2.41. The molecule has 27 heavy (non-hydrogen) atoms. The number of ether oxygens (including phenoxy) is 1. The zero-order valence-corrected chi connectivity index (χ0v) is 16.5. The van der Waals surface area contributed by atoms with Gasteiger partial charge in [-0.1, -0.05) is 31.4 Å². The fraction of sp³-hybridized carbons (Fsp3) is 0.667. The Morgan fingerprint density at radius 1 is 0.926 bits per heavy atom. The Kier molecular flexibility index (Phi) is 7.87. The summed E-state index contributed by atoms with van der Waals surface area (Å²) >= 11 is 0. The first-order valence-electron chi connectivity index (χ1n) is 10.8. The maximum atomic E-state index is 13.3.